The first-order valence-corrected chi connectivity index (χ1v) is 7.63. The van der Waals surface area contributed by atoms with Crippen LogP contribution in [0.5, 0.6) is 0 Å². The molecule has 2 aromatic carbocycles. The number of amides is 1. The highest BCUT2D eigenvalue weighted by Crippen LogP contribution is 2.28. The summed E-state index contributed by atoms with van der Waals surface area (Å²) in [4.78, 5) is 19.2. The van der Waals surface area contributed by atoms with Crippen molar-refractivity contribution < 1.29 is 9.53 Å². The number of benzene rings is 2. The van der Waals surface area contributed by atoms with E-state index in [2.05, 4.69) is 4.99 Å². The lowest BCUT2D eigenvalue weighted by atomic mass is 10.0. The highest BCUT2D eigenvalue weighted by atomic mass is 16.5. The van der Waals surface area contributed by atoms with E-state index < -0.39 is 11.8 Å². The second-order valence-electron chi connectivity index (χ2n) is 6.04. The zero-order valence-corrected chi connectivity index (χ0v) is 13.6. The normalized spacial score (nSPS) is 19.3. The number of nitrogens with zero attached hydrogens (tertiary/aromatic N) is 2. The number of hydrogen-bond acceptors (Lipinski definition) is 3. The summed E-state index contributed by atoms with van der Waals surface area (Å²) in [5, 5.41) is 0. The summed E-state index contributed by atoms with van der Waals surface area (Å²) in [6.07, 6.45) is -0.697. The van der Waals surface area contributed by atoms with Gasteiger partial charge in [-0.25, -0.2) is 0 Å². The fourth-order valence-corrected chi connectivity index (χ4v) is 2.67. The second kappa shape index (κ2) is 5.97. The number of hydrogen-bond donors (Lipinski definition) is 0. The van der Waals surface area contributed by atoms with E-state index in [4.69, 9.17) is 4.74 Å². The number of rotatable bonds is 3. The number of aliphatic imine (C=N–C) groups is 1. The third-order valence-corrected chi connectivity index (χ3v) is 3.81. The van der Waals surface area contributed by atoms with E-state index in [1.54, 1.807) is 11.9 Å². The molecule has 4 nitrogen and oxygen atoms in total. The molecular formula is C19H20N2O2. The molecule has 118 valence electrons. The number of carbonyl (C=O) groups is 1. The molecule has 1 aliphatic rings. The molecule has 2 aromatic rings. The van der Waals surface area contributed by atoms with Crippen molar-refractivity contribution in [2.75, 3.05) is 11.9 Å². The number of carbonyl (C=O) groups excluding carboxylic acids is 1. The Morgan fingerprint density at radius 1 is 1.04 bits per heavy atom. The molecule has 4 heteroatoms. The minimum absolute atomic E-state index is 0.121. The van der Waals surface area contributed by atoms with Crippen LogP contribution >= 0.6 is 0 Å². The molecule has 0 aliphatic carbocycles. The highest BCUT2D eigenvalue weighted by molar-refractivity contribution is 6.19. The first kappa shape index (κ1) is 15.4. The van der Waals surface area contributed by atoms with Gasteiger partial charge in [0.1, 0.15) is 0 Å². The number of ether oxygens (including phenoxy) is 1. The zero-order chi connectivity index (χ0) is 16.4. The Morgan fingerprint density at radius 2 is 1.61 bits per heavy atom. The van der Waals surface area contributed by atoms with Crippen molar-refractivity contribution in [1.29, 1.82) is 0 Å². The predicted octanol–water partition coefficient (Wildman–Crippen LogP) is 3.27. The molecule has 1 amide bonds. The quantitative estimate of drug-likeness (QED) is 0.873. The van der Waals surface area contributed by atoms with Crippen molar-refractivity contribution in [3.05, 3.63) is 66.2 Å². The van der Waals surface area contributed by atoms with Gasteiger partial charge >= 0.3 is 0 Å². The van der Waals surface area contributed by atoms with Crippen LogP contribution in [0.25, 0.3) is 0 Å². The molecule has 1 aliphatic heterocycles. The molecule has 0 spiro atoms. The van der Waals surface area contributed by atoms with Crippen LogP contribution < -0.4 is 4.90 Å². The largest absolute Gasteiger partial charge is 0.335 e. The highest BCUT2D eigenvalue weighted by Gasteiger charge is 2.40. The van der Waals surface area contributed by atoms with Crippen molar-refractivity contribution in [2.45, 2.75) is 25.7 Å². The van der Waals surface area contributed by atoms with E-state index in [0.717, 1.165) is 11.3 Å². The average molecular weight is 308 g/mol. The number of para-hydroxylation sites is 1. The lowest BCUT2D eigenvalue weighted by molar-refractivity contribution is -0.130. The minimum Gasteiger partial charge on any atom is -0.335 e. The van der Waals surface area contributed by atoms with Gasteiger partial charge in [-0.05, 0) is 31.5 Å². The van der Waals surface area contributed by atoms with E-state index in [9.17, 15) is 4.79 Å². The molecule has 1 heterocycles. The molecule has 0 bridgehead atoms. The predicted molar refractivity (Wildman–Crippen MR) is 91.8 cm³/mol. The first-order valence-electron chi connectivity index (χ1n) is 7.63. The van der Waals surface area contributed by atoms with Crippen molar-refractivity contribution in [3.63, 3.8) is 0 Å². The summed E-state index contributed by atoms with van der Waals surface area (Å²) in [5.74, 6) is -0.121. The van der Waals surface area contributed by atoms with Crippen LogP contribution in [0.4, 0.5) is 5.69 Å². The van der Waals surface area contributed by atoms with Crippen LogP contribution in [0.1, 0.15) is 19.4 Å². The Labute approximate surface area is 136 Å². The Bertz CT molecular complexity index is 724. The molecule has 0 N–H and O–H groups in total. The molecule has 0 saturated carbocycles. The summed E-state index contributed by atoms with van der Waals surface area (Å²) >= 11 is 0. The Kier molecular flexibility index (Phi) is 4.01. The molecule has 3 rings (SSSR count). The van der Waals surface area contributed by atoms with Gasteiger partial charge in [0.25, 0.3) is 5.91 Å². The van der Waals surface area contributed by atoms with Crippen LogP contribution in [0.15, 0.2) is 65.7 Å². The molecule has 1 atom stereocenters. The summed E-state index contributed by atoms with van der Waals surface area (Å²) < 4.78 is 5.93. The van der Waals surface area contributed by atoms with Gasteiger partial charge in [-0.1, -0.05) is 48.5 Å². The fraction of sp³-hybridized carbons (Fsp3) is 0.263. The third-order valence-electron chi connectivity index (χ3n) is 3.81. The first-order chi connectivity index (χ1) is 11.0. The van der Waals surface area contributed by atoms with Crippen LogP contribution in [0, 0.1) is 0 Å². The molecule has 0 fully saturated rings. The third kappa shape index (κ3) is 3.17. The van der Waals surface area contributed by atoms with Crippen LogP contribution in [0.2, 0.25) is 0 Å². The van der Waals surface area contributed by atoms with Crippen molar-refractivity contribution in [2.24, 2.45) is 4.99 Å². The van der Waals surface area contributed by atoms with Gasteiger partial charge in [0, 0.05) is 12.7 Å². The summed E-state index contributed by atoms with van der Waals surface area (Å²) in [6.45, 7) is 3.73. The number of anilines is 1. The lowest BCUT2D eigenvalue weighted by Crippen LogP contribution is -2.42. The SMILES string of the molecule is CN(C(=O)C1OC(C)(C)N=C1c1ccccc1)c1ccccc1. The maximum atomic E-state index is 12.9. The van der Waals surface area contributed by atoms with Gasteiger partial charge in [-0.15, -0.1) is 0 Å². The molecule has 0 aromatic heterocycles. The van der Waals surface area contributed by atoms with E-state index in [-0.39, 0.29) is 5.91 Å². The van der Waals surface area contributed by atoms with Gasteiger partial charge in [-0.2, -0.15) is 0 Å². The average Bonchev–Trinajstić information content (AvgIpc) is 2.91. The Morgan fingerprint density at radius 3 is 2.22 bits per heavy atom. The molecular weight excluding hydrogens is 288 g/mol. The second-order valence-corrected chi connectivity index (χ2v) is 6.04. The Balaban J connectivity index is 1.92. The number of likely N-dealkylation sites (N-methyl/N-ethyl adjacent to an activating group) is 1. The smallest absolute Gasteiger partial charge is 0.262 e. The van der Waals surface area contributed by atoms with Crippen LogP contribution in [0.3, 0.4) is 0 Å². The fourth-order valence-electron chi connectivity index (χ4n) is 2.67. The van der Waals surface area contributed by atoms with E-state index in [1.807, 2.05) is 74.5 Å². The summed E-state index contributed by atoms with van der Waals surface area (Å²) in [6, 6.07) is 19.3. The van der Waals surface area contributed by atoms with E-state index in [0.29, 0.717) is 5.71 Å². The Hall–Kier alpha value is -2.46. The molecule has 23 heavy (non-hydrogen) atoms. The maximum Gasteiger partial charge on any atom is 0.262 e. The van der Waals surface area contributed by atoms with Crippen LogP contribution in [-0.4, -0.2) is 30.5 Å². The molecule has 1 unspecified atom stereocenters. The van der Waals surface area contributed by atoms with Gasteiger partial charge < -0.3 is 9.64 Å². The zero-order valence-electron chi connectivity index (χ0n) is 13.6. The van der Waals surface area contributed by atoms with Gasteiger partial charge in [0.15, 0.2) is 11.8 Å². The van der Waals surface area contributed by atoms with Crippen LogP contribution in [-0.2, 0) is 9.53 Å². The van der Waals surface area contributed by atoms with E-state index >= 15 is 0 Å². The van der Waals surface area contributed by atoms with Crippen molar-refractivity contribution >= 4 is 17.3 Å². The topological polar surface area (TPSA) is 41.9 Å². The monoisotopic (exact) mass is 308 g/mol. The molecule has 0 radical (unpaired) electrons. The van der Waals surface area contributed by atoms with Crippen molar-refractivity contribution in [3.8, 4) is 0 Å². The summed E-state index contributed by atoms with van der Waals surface area (Å²) in [7, 11) is 1.76. The lowest BCUT2D eigenvalue weighted by Gasteiger charge is -2.23. The van der Waals surface area contributed by atoms with Crippen molar-refractivity contribution in [1.82, 2.24) is 0 Å². The minimum atomic E-state index is -0.705. The molecule has 0 saturated heterocycles. The van der Waals surface area contributed by atoms with Gasteiger partial charge in [0.05, 0.1) is 5.71 Å². The maximum absolute atomic E-state index is 12.9. The van der Waals surface area contributed by atoms with E-state index in [1.165, 1.54) is 0 Å². The summed E-state index contributed by atoms with van der Waals surface area (Å²) in [5.41, 5.74) is 1.72. The van der Waals surface area contributed by atoms with Gasteiger partial charge in [-0.3, -0.25) is 9.79 Å². The standard InChI is InChI=1S/C19H20N2O2/c1-19(2)20-16(14-10-6-4-7-11-14)17(23-19)18(22)21(3)15-12-8-5-9-13-15/h4-13,17H,1-3H3. The van der Waals surface area contributed by atoms with Gasteiger partial charge in [0.2, 0.25) is 0 Å².